The second kappa shape index (κ2) is 6.11. The Balaban J connectivity index is 2.52. The molecule has 7 heteroatoms. The van der Waals surface area contributed by atoms with Gasteiger partial charge in [0, 0.05) is 12.7 Å². The van der Waals surface area contributed by atoms with Gasteiger partial charge in [0.15, 0.2) is 0 Å². The van der Waals surface area contributed by atoms with Crippen molar-refractivity contribution < 1.29 is 9.84 Å². The smallest absolute Gasteiger partial charge is 0.138 e. The number of nitrogens with zero attached hydrogens (tertiary/aromatic N) is 2. The molecular weight excluding hydrogens is 311 g/mol. The molecule has 0 saturated carbocycles. The maximum Gasteiger partial charge on any atom is 0.138 e. The first kappa shape index (κ1) is 14.6. The van der Waals surface area contributed by atoms with E-state index in [2.05, 4.69) is 5.10 Å². The van der Waals surface area contributed by atoms with Crippen molar-refractivity contribution in [3.05, 3.63) is 44.7 Å². The Morgan fingerprint density at radius 3 is 2.58 bits per heavy atom. The fraction of sp³-hybridized carbons (Fsp3) is 0.250. The maximum absolute atomic E-state index is 9.34. The molecule has 0 fully saturated rings. The van der Waals surface area contributed by atoms with Gasteiger partial charge in [0.1, 0.15) is 5.15 Å². The van der Waals surface area contributed by atoms with Crippen LogP contribution >= 0.6 is 34.8 Å². The van der Waals surface area contributed by atoms with Crippen molar-refractivity contribution in [2.75, 3.05) is 7.11 Å². The third-order valence-corrected chi connectivity index (χ3v) is 3.72. The number of aliphatic hydroxyl groups excluding tert-OH is 1. The van der Waals surface area contributed by atoms with Crippen LogP contribution < -0.4 is 0 Å². The van der Waals surface area contributed by atoms with Gasteiger partial charge in [0.25, 0.3) is 0 Å². The van der Waals surface area contributed by atoms with E-state index in [1.54, 1.807) is 25.3 Å². The van der Waals surface area contributed by atoms with Crippen molar-refractivity contribution in [1.29, 1.82) is 0 Å². The van der Waals surface area contributed by atoms with E-state index >= 15 is 0 Å². The van der Waals surface area contributed by atoms with Crippen molar-refractivity contribution >= 4 is 34.8 Å². The van der Waals surface area contributed by atoms with Crippen LogP contribution in [0.2, 0.25) is 15.2 Å². The third kappa shape index (κ3) is 2.88. The lowest BCUT2D eigenvalue weighted by Gasteiger charge is -2.04. The van der Waals surface area contributed by atoms with Crippen molar-refractivity contribution in [2.45, 2.75) is 13.2 Å². The van der Waals surface area contributed by atoms with Crippen LogP contribution in [0.5, 0.6) is 0 Å². The molecule has 19 heavy (non-hydrogen) atoms. The van der Waals surface area contributed by atoms with Gasteiger partial charge in [-0.2, -0.15) is 5.10 Å². The quantitative estimate of drug-likeness (QED) is 0.938. The van der Waals surface area contributed by atoms with Crippen molar-refractivity contribution in [2.24, 2.45) is 0 Å². The highest BCUT2D eigenvalue weighted by atomic mass is 35.5. The van der Waals surface area contributed by atoms with Crippen LogP contribution in [-0.4, -0.2) is 22.0 Å². The molecule has 102 valence electrons. The third-order valence-electron chi connectivity index (χ3n) is 2.59. The highest BCUT2D eigenvalue weighted by Crippen LogP contribution is 2.28. The Bertz CT molecular complexity index is 599. The number of hydrogen-bond donors (Lipinski definition) is 1. The summed E-state index contributed by atoms with van der Waals surface area (Å²) in [7, 11) is 1.55. The van der Waals surface area contributed by atoms with Crippen LogP contribution in [-0.2, 0) is 18.0 Å². The summed E-state index contributed by atoms with van der Waals surface area (Å²) in [5.41, 5.74) is 1.78. The monoisotopic (exact) mass is 320 g/mol. The lowest BCUT2D eigenvalue weighted by Crippen LogP contribution is -1.98. The Morgan fingerprint density at radius 2 is 2.00 bits per heavy atom. The van der Waals surface area contributed by atoms with Crippen LogP contribution in [0.4, 0.5) is 0 Å². The van der Waals surface area contributed by atoms with E-state index in [1.165, 1.54) is 4.68 Å². The van der Waals surface area contributed by atoms with Gasteiger partial charge >= 0.3 is 0 Å². The fourth-order valence-electron chi connectivity index (χ4n) is 1.67. The molecule has 1 aromatic heterocycles. The van der Waals surface area contributed by atoms with E-state index in [4.69, 9.17) is 39.5 Å². The predicted octanol–water partition coefficient (Wildman–Crippen LogP) is 3.47. The second-order valence-corrected chi connectivity index (χ2v) is 4.99. The van der Waals surface area contributed by atoms with Crippen molar-refractivity contribution in [3.63, 3.8) is 0 Å². The Labute approximate surface area is 125 Å². The number of hydrogen-bond acceptors (Lipinski definition) is 3. The molecule has 0 bridgehead atoms. The Morgan fingerprint density at radius 1 is 1.26 bits per heavy atom. The van der Waals surface area contributed by atoms with E-state index in [0.29, 0.717) is 32.1 Å². The molecule has 0 radical (unpaired) electrons. The minimum Gasteiger partial charge on any atom is -0.391 e. The van der Waals surface area contributed by atoms with Crippen LogP contribution in [0.15, 0.2) is 18.2 Å². The Hall–Kier alpha value is -0.780. The summed E-state index contributed by atoms with van der Waals surface area (Å²) in [5, 5.41) is 14.8. The van der Waals surface area contributed by atoms with Gasteiger partial charge in [-0.25, -0.2) is 4.68 Å². The first-order valence-corrected chi connectivity index (χ1v) is 6.53. The van der Waals surface area contributed by atoms with E-state index in [1.807, 2.05) is 0 Å². The number of aliphatic hydroxyl groups is 1. The van der Waals surface area contributed by atoms with Gasteiger partial charge in [-0.05, 0) is 18.2 Å². The van der Waals surface area contributed by atoms with Crippen LogP contribution in [0, 0.1) is 0 Å². The maximum atomic E-state index is 9.34. The SMILES string of the molecule is COCc1nn(-c2ccc(Cl)c(Cl)c2)c(Cl)c1CO. The molecule has 0 aliphatic carbocycles. The van der Waals surface area contributed by atoms with Gasteiger partial charge in [-0.3, -0.25) is 0 Å². The van der Waals surface area contributed by atoms with Crippen LogP contribution in [0.25, 0.3) is 5.69 Å². The van der Waals surface area contributed by atoms with Gasteiger partial charge in [-0.1, -0.05) is 34.8 Å². The number of benzene rings is 1. The number of halogens is 3. The van der Waals surface area contributed by atoms with E-state index in [9.17, 15) is 5.11 Å². The van der Waals surface area contributed by atoms with Crippen molar-refractivity contribution in [3.8, 4) is 5.69 Å². The van der Waals surface area contributed by atoms with Gasteiger partial charge < -0.3 is 9.84 Å². The van der Waals surface area contributed by atoms with E-state index in [-0.39, 0.29) is 13.2 Å². The molecule has 0 amide bonds. The summed E-state index contributed by atoms with van der Waals surface area (Å²) in [6, 6.07) is 5.05. The summed E-state index contributed by atoms with van der Waals surface area (Å²) in [5.74, 6) is 0. The fourth-order valence-corrected chi connectivity index (χ4v) is 2.27. The van der Waals surface area contributed by atoms with Gasteiger partial charge in [0.05, 0.1) is 34.6 Å². The normalized spacial score (nSPS) is 11.0. The standard InChI is InChI=1S/C12H11Cl3N2O2/c1-19-6-11-8(5-18)12(15)17(16-11)7-2-3-9(13)10(14)4-7/h2-4,18H,5-6H2,1H3. The minimum atomic E-state index is -0.209. The molecule has 0 aliphatic heterocycles. The Kier molecular flexibility index (Phi) is 4.71. The van der Waals surface area contributed by atoms with E-state index < -0.39 is 0 Å². The van der Waals surface area contributed by atoms with E-state index in [0.717, 1.165) is 0 Å². The average molecular weight is 322 g/mol. The van der Waals surface area contributed by atoms with Crippen LogP contribution in [0.1, 0.15) is 11.3 Å². The number of methoxy groups -OCH3 is 1. The highest BCUT2D eigenvalue weighted by Gasteiger charge is 2.17. The largest absolute Gasteiger partial charge is 0.391 e. The molecule has 0 atom stereocenters. The molecule has 4 nitrogen and oxygen atoms in total. The summed E-state index contributed by atoms with van der Waals surface area (Å²) in [4.78, 5) is 0. The topological polar surface area (TPSA) is 47.3 Å². The molecule has 0 unspecified atom stereocenters. The molecule has 0 aliphatic rings. The summed E-state index contributed by atoms with van der Waals surface area (Å²) < 4.78 is 6.51. The van der Waals surface area contributed by atoms with Gasteiger partial charge in [0.2, 0.25) is 0 Å². The number of rotatable bonds is 4. The summed E-state index contributed by atoms with van der Waals surface area (Å²) in [6.45, 7) is 0.0583. The molecule has 1 aromatic carbocycles. The molecule has 0 spiro atoms. The first-order valence-electron chi connectivity index (χ1n) is 5.40. The molecule has 2 rings (SSSR count). The zero-order valence-electron chi connectivity index (χ0n) is 10.0. The molecule has 1 N–H and O–H groups in total. The molecule has 2 aromatic rings. The first-order chi connectivity index (χ1) is 9.08. The highest BCUT2D eigenvalue weighted by molar-refractivity contribution is 6.42. The zero-order chi connectivity index (χ0) is 14.0. The molecular formula is C12H11Cl3N2O2. The molecule has 0 saturated heterocycles. The lowest BCUT2D eigenvalue weighted by atomic mass is 10.2. The summed E-state index contributed by atoms with van der Waals surface area (Å²) >= 11 is 18.0. The zero-order valence-corrected chi connectivity index (χ0v) is 12.3. The molecule has 1 heterocycles. The number of ether oxygens (including phenoxy) is 1. The lowest BCUT2D eigenvalue weighted by molar-refractivity contribution is 0.178. The predicted molar refractivity (Wildman–Crippen MR) is 75.2 cm³/mol. The summed E-state index contributed by atoms with van der Waals surface area (Å²) in [6.07, 6.45) is 0. The van der Waals surface area contributed by atoms with Crippen LogP contribution in [0.3, 0.4) is 0 Å². The second-order valence-electron chi connectivity index (χ2n) is 3.82. The minimum absolute atomic E-state index is 0.209. The van der Waals surface area contributed by atoms with Gasteiger partial charge in [-0.15, -0.1) is 0 Å². The average Bonchev–Trinajstić information content (AvgIpc) is 2.70. The number of aromatic nitrogens is 2. The van der Waals surface area contributed by atoms with Crippen molar-refractivity contribution in [1.82, 2.24) is 9.78 Å².